The quantitative estimate of drug-likeness (QED) is 0.418. The van der Waals surface area contributed by atoms with E-state index < -0.39 is 7.60 Å². The molecule has 1 rings (SSSR count). The number of benzene rings is 1. The molecule has 0 saturated carbocycles. The molecule has 0 amide bonds. The summed E-state index contributed by atoms with van der Waals surface area (Å²) in [6.45, 7) is 4.54. The third-order valence-corrected chi connectivity index (χ3v) is 4.71. The van der Waals surface area contributed by atoms with Crippen molar-refractivity contribution in [3.8, 4) is 5.75 Å². The highest BCUT2D eigenvalue weighted by atomic mass is 35.5. The van der Waals surface area contributed by atoms with Crippen molar-refractivity contribution in [1.29, 1.82) is 0 Å². The standard InChI is InChI=1S/C14H21ClNO4P/c1-3-19-21(17,20-4-2)10-6-5-9-18-14-11-12(16)7-8-13(14)15/h5-8,11H,3-4,9-10,16H2,1-2H3. The molecule has 0 aliphatic carbocycles. The number of rotatable bonds is 9. The van der Waals surface area contributed by atoms with Gasteiger partial charge in [-0.05, 0) is 26.0 Å². The van der Waals surface area contributed by atoms with Gasteiger partial charge in [-0.2, -0.15) is 0 Å². The van der Waals surface area contributed by atoms with Gasteiger partial charge in [0.25, 0.3) is 0 Å². The zero-order valence-corrected chi connectivity index (χ0v) is 13.9. The predicted molar refractivity (Wildman–Crippen MR) is 86.2 cm³/mol. The van der Waals surface area contributed by atoms with Crippen LogP contribution >= 0.6 is 19.2 Å². The van der Waals surface area contributed by atoms with Crippen LogP contribution in [0.15, 0.2) is 30.4 Å². The lowest BCUT2D eigenvalue weighted by Gasteiger charge is -2.14. The first-order valence-corrected chi connectivity index (χ1v) is 8.82. The molecule has 0 saturated heterocycles. The molecule has 21 heavy (non-hydrogen) atoms. The Bertz CT molecular complexity index is 512. The fraction of sp³-hybridized carbons (Fsp3) is 0.429. The molecule has 0 atom stereocenters. The summed E-state index contributed by atoms with van der Waals surface area (Å²) in [6.07, 6.45) is 3.67. The molecular formula is C14H21ClNO4P. The number of hydrogen-bond donors (Lipinski definition) is 1. The second kappa shape index (κ2) is 9.11. The van der Waals surface area contributed by atoms with Crippen LogP contribution in [0.5, 0.6) is 5.75 Å². The van der Waals surface area contributed by atoms with Crippen LogP contribution in [-0.4, -0.2) is 26.0 Å². The van der Waals surface area contributed by atoms with E-state index in [9.17, 15) is 4.57 Å². The van der Waals surface area contributed by atoms with Gasteiger partial charge in [0.05, 0.1) is 24.4 Å². The Morgan fingerprint density at radius 2 is 1.90 bits per heavy atom. The topological polar surface area (TPSA) is 70.8 Å². The van der Waals surface area contributed by atoms with E-state index >= 15 is 0 Å². The van der Waals surface area contributed by atoms with Crippen molar-refractivity contribution >= 4 is 24.9 Å². The highest BCUT2D eigenvalue weighted by molar-refractivity contribution is 7.54. The molecule has 0 aromatic heterocycles. The monoisotopic (exact) mass is 333 g/mol. The smallest absolute Gasteiger partial charge is 0.334 e. The maximum Gasteiger partial charge on any atom is 0.334 e. The van der Waals surface area contributed by atoms with E-state index in [0.717, 1.165) is 0 Å². The fourth-order valence-corrected chi connectivity index (χ4v) is 3.23. The Morgan fingerprint density at radius 1 is 1.24 bits per heavy atom. The van der Waals surface area contributed by atoms with Crippen LogP contribution in [0, 0.1) is 0 Å². The van der Waals surface area contributed by atoms with Gasteiger partial charge in [-0.1, -0.05) is 23.8 Å². The number of nitrogens with two attached hydrogens (primary N) is 1. The van der Waals surface area contributed by atoms with E-state index in [1.54, 1.807) is 44.2 Å². The minimum Gasteiger partial charge on any atom is -0.488 e. The molecule has 0 bridgehead atoms. The number of nitrogen functional groups attached to an aromatic ring is 1. The lowest BCUT2D eigenvalue weighted by atomic mass is 10.3. The molecule has 7 heteroatoms. The number of hydrogen-bond acceptors (Lipinski definition) is 5. The maximum absolute atomic E-state index is 12.2. The molecule has 1 aromatic rings. The SMILES string of the molecule is CCOP(=O)(CC=CCOc1cc(N)ccc1Cl)OCC. The number of ether oxygens (including phenoxy) is 1. The van der Waals surface area contributed by atoms with Gasteiger partial charge in [0.15, 0.2) is 0 Å². The first kappa shape index (κ1) is 18.1. The summed E-state index contributed by atoms with van der Waals surface area (Å²) in [7, 11) is -3.04. The zero-order valence-electron chi connectivity index (χ0n) is 12.3. The van der Waals surface area contributed by atoms with Crippen LogP contribution in [0.4, 0.5) is 5.69 Å². The molecule has 0 radical (unpaired) electrons. The van der Waals surface area contributed by atoms with E-state index in [-0.39, 0.29) is 6.16 Å². The molecule has 0 spiro atoms. The van der Waals surface area contributed by atoms with E-state index in [4.69, 9.17) is 31.1 Å². The summed E-state index contributed by atoms with van der Waals surface area (Å²) in [6, 6.07) is 5.03. The summed E-state index contributed by atoms with van der Waals surface area (Å²) in [5, 5.41) is 0.493. The van der Waals surface area contributed by atoms with Crippen molar-refractivity contribution in [3.63, 3.8) is 0 Å². The van der Waals surface area contributed by atoms with Crippen molar-refractivity contribution in [2.45, 2.75) is 13.8 Å². The predicted octanol–water partition coefficient (Wildman–Crippen LogP) is 4.12. The third kappa shape index (κ3) is 6.53. The van der Waals surface area contributed by atoms with Gasteiger partial charge in [-0.3, -0.25) is 4.57 Å². The minimum absolute atomic E-state index is 0.211. The molecular weight excluding hydrogens is 313 g/mol. The molecule has 0 heterocycles. The van der Waals surface area contributed by atoms with Crippen LogP contribution in [0.25, 0.3) is 0 Å². The van der Waals surface area contributed by atoms with Crippen LogP contribution in [-0.2, 0) is 13.6 Å². The van der Waals surface area contributed by atoms with Crippen molar-refractivity contribution in [1.82, 2.24) is 0 Å². The van der Waals surface area contributed by atoms with Gasteiger partial charge < -0.3 is 19.5 Å². The highest BCUT2D eigenvalue weighted by Gasteiger charge is 2.20. The van der Waals surface area contributed by atoms with Gasteiger partial charge in [0, 0.05) is 11.8 Å². The largest absolute Gasteiger partial charge is 0.488 e. The summed E-state index contributed by atoms with van der Waals surface area (Å²) < 4.78 is 28.0. The Morgan fingerprint density at radius 3 is 2.52 bits per heavy atom. The average Bonchev–Trinajstić information content (AvgIpc) is 2.42. The van der Waals surface area contributed by atoms with Gasteiger partial charge in [-0.15, -0.1) is 0 Å². The van der Waals surface area contributed by atoms with Crippen LogP contribution in [0.3, 0.4) is 0 Å². The number of halogens is 1. The van der Waals surface area contributed by atoms with Crippen molar-refractivity contribution < 1.29 is 18.3 Å². The van der Waals surface area contributed by atoms with E-state index in [2.05, 4.69) is 0 Å². The van der Waals surface area contributed by atoms with Crippen molar-refractivity contribution in [2.24, 2.45) is 0 Å². The highest BCUT2D eigenvalue weighted by Crippen LogP contribution is 2.47. The summed E-state index contributed by atoms with van der Waals surface area (Å²) in [5.74, 6) is 0.513. The maximum atomic E-state index is 12.2. The first-order chi connectivity index (χ1) is 10.0. The van der Waals surface area contributed by atoms with Crippen LogP contribution in [0.2, 0.25) is 5.02 Å². The van der Waals surface area contributed by atoms with Gasteiger partial charge >= 0.3 is 7.60 Å². The normalized spacial score (nSPS) is 12.0. The number of anilines is 1. The number of allylic oxidation sites excluding steroid dienone is 1. The fourth-order valence-electron chi connectivity index (χ4n) is 1.58. The summed E-state index contributed by atoms with van der Waals surface area (Å²) >= 11 is 5.97. The van der Waals surface area contributed by atoms with Crippen LogP contribution in [0.1, 0.15) is 13.8 Å². The molecule has 5 nitrogen and oxygen atoms in total. The molecule has 0 aliphatic heterocycles. The molecule has 0 fully saturated rings. The lowest BCUT2D eigenvalue weighted by Crippen LogP contribution is -1.99. The third-order valence-electron chi connectivity index (χ3n) is 2.44. The Labute approximate surface area is 130 Å². The van der Waals surface area contributed by atoms with E-state index in [1.165, 1.54) is 0 Å². The first-order valence-electron chi connectivity index (χ1n) is 6.71. The summed E-state index contributed by atoms with van der Waals surface area (Å²) in [5.41, 5.74) is 6.23. The van der Waals surface area contributed by atoms with Gasteiger partial charge in [0.2, 0.25) is 0 Å². The molecule has 0 aliphatic rings. The zero-order chi connectivity index (χ0) is 15.7. The van der Waals surface area contributed by atoms with E-state index in [0.29, 0.717) is 36.3 Å². The van der Waals surface area contributed by atoms with E-state index in [1.807, 2.05) is 0 Å². The summed E-state index contributed by atoms with van der Waals surface area (Å²) in [4.78, 5) is 0. The second-order valence-corrected chi connectivity index (χ2v) is 6.61. The van der Waals surface area contributed by atoms with Gasteiger partial charge in [0.1, 0.15) is 12.4 Å². The Kier molecular flexibility index (Phi) is 7.83. The van der Waals surface area contributed by atoms with Crippen molar-refractivity contribution in [3.05, 3.63) is 35.4 Å². The molecule has 0 unspecified atom stereocenters. The molecule has 2 N–H and O–H groups in total. The Balaban J connectivity index is 2.47. The van der Waals surface area contributed by atoms with Crippen molar-refractivity contribution in [2.75, 3.05) is 31.7 Å². The lowest BCUT2D eigenvalue weighted by molar-refractivity contribution is 0.222. The molecule has 1 aromatic carbocycles. The Hall–Kier alpha value is -1.00. The minimum atomic E-state index is -3.04. The van der Waals surface area contributed by atoms with Gasteiger partial charge in [-0.25, -0.2) is 0 Å². The van der Waals surface area contributed by atoms with Crippen LogP contribution < -0.4 is 10.5 Å². The molecule has 118 valence electrons. The second-order valence-electron chi connectivity index (χ2n) is 4.10. The average molecular weight is 334 g/mol.